The molecule has 3 rings (SSSR count). The van der Waals surface area contributed by atoms with Crippen LogP contribution in [-0.4, -0.2) is 10.1 Å². The average Bonchev–Trinajstić information content (AvgIpc) is 3.08. The highest BCUT2D eigenvalue weighted by molar-refractivity contribution is 5.80. The largest absolute Gasteiger partial charge is 0.356 e. The van der Waals surface area contributed by atoms with Crippen LogP contribution >= 0.6 is 0 Å². The van der Waals surface area contributed by atoms with Gasteiger partial charge in [0.2, 0.25) is 0 Å². The fraction of sp³-hybridized carbons (Fsp3) is 0.222. The first-order chi connectivity index (χ1) is 10.4. The van der Waals surface area contributed by atoms with Crippen molar-refractivity contribution in [1.29, 1.82) is 0 Å². The third-order valence-corrected chi connectivity index (χ3v) is 3.54. The monoisotopic (exact) mass is 278 g/mol. The van der Waals surface area contributed by atoms with Gasteiger partial charge in [0.05, 0.1) is 6.20 Å². The molecule has 3 nitrogen and oxygen atoms in total. The maximum Gasteiger partial charge on any atom is 0.167 e. The summed E-state index contributed by atoms with van der Waals surface area (Å²) >= 11 is 0. The van der Waals surface area contributed by atoms with Crippen molar-refractivity contribution in [3.8, 4) is 22.5 Å². The Balaban J connectivity index is 2.07. The summed E-state index contributed by atoms with van der Waals surface area (Å²) in [6.07, 6.45) is 6.93. The lowest BCUT2D eigenvalue weighted by molar-refractivity contribution is 0.432. The summed E-state index contributed by atoms with van der Waals surface area (Å²) in [7, 11) is 0. The van der Waals surface area contributed by atoms with E-state index in [-0.39, 0.29) is 0 Å². The maximum absolute atomic E-state index is 5.36. The Labute approximate surface area is 124 Å². The van der Waals surface area contributed by atoms with Gasteiger partial charge in [0.1, 0.15) is 0 Å². The maximum atomic E-state index is 5.36. The molecule has 0 atom stereocenters. The molecule has 0 saturated heterocycles. The second kappa shape index (κ2) is 6.35. The van der Waals surface area contributed by atoms with Crippen LogP contribution in [0.5, 0.6) is 0 Å². The Kier molecular flexibility index (Phi) is 4.10. The normalized spacial score (nSPS) is 10.7. The minimum absolute atomic E-state index is 0.786. The number of hydrogen-bond donors (Lipinski definition) is 0. The van der Waals surface area contributed by atoms with Crippen molar-refractivity contribution in [2.45, 2.75) is 26.2 Å². The van der Waals surface area contributed by atoms with E-state index in [4.69, 9.17) is 4.52 Å². The Morgan fingerprint density at radius 2 is 1.90 bits per heavy atom. The molecule has 0 unspecified atom stereocenters. The summed E-state index contributed by atoms with van der Waals surface area (Å²) in [5.41, 5.74) is 4.37. The van der Waals surface area contributed by atoms with Crippen LogP contribution in [-0.2, 0) is 6.42 Å². The van der Waals surface area contributed by atoms with Crippen molar-refractivity contribution in [2.75, 3.05) is 0 Å². The molecule has 3 aromatic rings. The van der Waals surface area contributed by atoms with Gasteiger partial charge in [-0.3, -0.25) is 4.98 Å². The predicted molar refractivity (Wildman–Crippen MR) is 83.8 cm³/mol. The Bertz CT molecular complexity index is 691. The highest BCUT2D eigenvalue weighted by Crippen LogP contribution is 2.32. The number of benzene rings is 1. The zero-order chi connectivity index (χ0) is 14.5. The molecule has 0 bridgehead atoms. The number of pyridine rings is 1. The molecule has 106 valence electrons. The van der Waals surface area contributed by atoms with E-state index in [9.17, 15) is 0 Å². The van der Waals surface area contributed by atoms with Gasteiger partial charge in [-0.25, -0.2) is 0 Å². The predicted octanol–water partition coefficient (Wildman–Crippen LogP) is 4.75. The summed E-state index contributed by atoms with van der Waals surface area (Å²) in [5.74, 6) is 0.786. The van der Waals surface area contributed by atoms with E-state index < -0.39 is 0 Å². The molecule has 2 aromatic heterocycles. The zero-order valence-corrected chi connectivity index (χ0v) is 12.1. The molecule has 3 heteroatoms. The van der Waals surface area contributed by atoms with Crippen LogP contribution in [0.25, 0.3) is 22.5 Å². The Morgan fingerprint density at radius 3 is 2.62 bits per heavy atom. The molecule has 0 aliphatic heterocycles. The second-order valence-corrected chi connectivity index (χ2v) is 5.07. The molecular weight excluding hydrogens is 260 g/mol. The van der Waals surface area contributed by atoms with Crippen LogP contribution in [0.3, 0.4) is 0 Å². The quantitative estimate of drug-likeness (QED) is 0.676. The second-order valence-electron chi connectivity index (χ2n) is 5.07. The van der Waals surface area contributed by atoms with Gasteiger partial charge >= 0.3 is 0 Å². The zero-order valence-electron chi connectivity index (χ0n) is 12.1. The van der Waals surface area contributed by atoms with Crippen LogP contribution in [0.1, 0.15) is 25.5 Å². The van der Waals surface area contributed by atoms with E-state index >= 15 is 0 Å². The van der Waals surface area contributed by atoms with Crippen molar-refractivity contribution in [3.63, 3.8) is 0 Å². The van der Waals surface area contributed by atoms with Crippen molar-refractivity contribution in [3.05, 3.63) is 60.6 Å². The molecule has 0 fully saturated rings. The number of nitrogens with zero attached hydrogens (tertiary/aromatic N) is 2. The van der Waals surface area contributed by atoms with Crippen LogP contribution in [0.4, 0.5) is 0 Å². The molecule has 0 radical (unpaired) electrons. The molecule has 0 saturated carbocycles. The average molecular weight is 278 g/mol. The fourth-order valence-electron chi connectivity index (χ4n) is 2.40. The highest BCUT2D eigenvalue weighted by atomic mass is 16.5. The van der Waals surface area contributed by atoms with Crippen molar-refractivity contribution >= 4 is 0 Å². The highest BCUT2D eigenvalue weighted by Gasteiger charge is 2.12. The summed E-state index contributed by atoms with van der Waals surface area (Å²) < 4.78 is 5.36. The van der Waals surface area contributed by atoms with Gasteiger partial charge in [0.25, 0.3) is 0 Å². The van der Waals surface area contributed by atoms with Gasteiger partial charge in [-0.2, -0.15) is 0 Å². The van der Waals surface area contributed by atoms with Crippen LogP contribution in [0.15, 0.2) is 59.4 Å². The number of hydrogen-bond acceptors (Lipinski definition) is 3. The first-order valence-electron chi connectivity index (χ1n) is 7.34. The van der Waals surface area contributed by atoms with E-state index in [0.29, 0.717) is 0 Å². The summed E-state index contributed by atoms with van der Waals surface area (Å²) in [6.45, 7) is 2.19. The first-order valence-corrected chi connectivity index (χ1v) is 7.34. The van der Waals surface area contributed by atoms with Gasteiger partial charge < -0.3 is 4.52 Å². The minimum atomic E-state index is 0.786. The molecule has 0 N–H and O–H groups in total. The first kappa shape index (κ1) is 13.6. The van der Waals surface area contributed by atoms with Crippen molar-refractivity contribution in [2.24, 2.45) is 0 Å². The van der Waals surface area contributed by atoms with Gasteiger partial charge in [0, 0.05) is 29.1 Å². The molecule has 0 amide bonds. The number of aromatic nitrogens is 2. The Hall–Kier alpha value is -2.42. The number of aryl methyl sites for hydroxylation is 1. The van der Waals surface area contributed by atoms with Gasteiger partial charge in [-0.05, 0) is 24.5 Å². The molecule has 0 aliphatic carbocycles. The third-order valence-electron chi connectivity index (χ3n) is 3.54. The van der Waals surface area contributed by atoms with Gasteiger partial charge in [-0.15, -0.1) is 0 Å². The fourth-order valence-corrected chi connectivity index (χ4v) is 2.40. The molecule has 0 aliphatic rings. The number of rotatable bonds is 5. The smallest absolute Gasteiger partial charge is 0.167 e. The van der Waals surface area contributed by atoms with E-state index in [0.717, 1.165) is 41.0 Å². The molecule has 0 spiro atoms. The molecular formula is C18H18N2O. The number of unbranched alkanes of at least 4 members (excludes halogenated alkanes) is 1. The van der Waals surface area contributed by atoms with E-state index in [1.165, 1.54) is 6.42 Å². The van der Waals surface area contributed by atoms with Crippen LogP contribution in [0.2, 0.25) is 0 Å². The van der Waals surface area contributed by atoms with Crippen molar-refractivity contribution < 1.29 is 4.52 Å². The SMILES string of the molecule is CCCCc1cc(-c2ccno2)c(-c2ccccc2)cn1. The van der Waals surface area contributed by atoms with Gasteiger partial charge in [0.15, 0.2) is 5.76 Å². The lowest BCUT2D eigenvalue weighted by atomic mass is 9.98. The summed E-state index contributed by atoms with van der Waals surface area (Å²) in [6, 6.07) is 14.3. The van der Waals surface area contributed by atoms with Gasteiger partial charge in [-0.1, -0.05) is 48.8 Å². The molecule has 21 heavy (non-hydrogen) atoms. The lowest BCUT2D eigenvalue weighted by Crippen LogP contribution is -1.93. The van der Waals surface area contributed by atoms with Crippen LogP contribution in [0, 0.1) is 0 Å². The minimum Gasteiger partial charge on any atom is -0.356 e. The lowest BCUT2D eigenvalue weighted by Gasteiger charge is -2.09. The standard InChI is InChI=1S/C18H18N2O/c1-2-3-9-15-12-16(18-10-11-20-21-18)17(13-19-15)14-7-5-4-6-8-14/h4-8,10-13H,2-3,9H2,1H3. The molecule has 1 aromatic carbocycles. The third kappa shape index (κ3) is 3.02. The molecule has 2 heterocycles. The summed E-state index contributed by atoms with van der Waals surface area (Å²) in [5, 5.41) is 3.83. The topological polar surface area (TPSA) is 38.9 Å². The Morgan fingerprint density at radius 1 is 1.05 bits per heavy atom. The van der Waals surface area contributed by atoms with Crippen molar-refractivity contribution in [1.82, 2.24) is 10.1 Å². The van der Waals surface area contributed by atoms with E-state index in [2.05, 4.69) is 35.3 Å². The summed E-state index contributed by atoms with van der Waals surface area (Å²) in [4.78, 5) is 4.60. The van der Waals surface area contributed by atoms with E-state index in [1.807, 2.05) is 30.5 Å². The van der Waals surface area contributed by atoms with E-state index in [1.54, 1.807) is 6.20 Å². The van der Waals surface area contributed by atoms with Crippen LogP contribution < -0.4 is 0 Å².